The fraction of sp³-hybridized carbons (Fsp3) is 0.114. The number of rotatable bonds is 6. The first-order chi connectivity index (χ1) is 25.7. The third-order valence-corrected chi connectivity index (χ3v) is 16.1. The Morgan fingerprint density at radius 1 is 0.692 bits per heavy atom. The zero-order chi connectivity index (χ0) is 35.5. The summed E-state index contributed by atoms with van der Waals surface area (Å²) in [7, 11) is -2.48. The molecule has 7 aromatic rings. The van der Waals surface area contributed by atoms with E-state index in [1.165, 1.54) is 50.5 Å². The Morgan fingerprint density at radius 2 is 1.23 bits per heavy atom. The summed E-state index contributed by atoms with van der Waals surface area (Å²) in [5, 5.41) is 6.94. The summed E-state index contributed by atoms with van der Waals surface area (Å²) in [6.07, 6.45) is 12.0. The quantitative estimate of drug-likeness (QED) is 0.123. The maximum absolute atomic E-state index is 4.80. The van der Waals surface area contributed by atoms with Crippen molar-refractivity contribution in [2.24, 2.45) is 0 Å². The van der Waals surface area contributed by atoms with Crippen LogP contribution in [0.5, 0.6) is 0 Å². The number of aromatic nitrogens is 4. The summed E-state index contributed by atoms with van der Waals surface area (Å²) in [5.74, 6) is 7.45. The Hall–Kier alpha value is -4.63. The molecule has 5 aromatic carbocycles. The number of hydrogen-bond donors (Lipinski definition) is 0. The number of nitrogens with zero attached hydrogens (tertiary/aromatic N) is 4. The molecule has 0 atom stereocenters. The average molecular weight is 903 g/mol. The van der Waals surface area contributed by atoms with Gasteiger partial charge in [-0.05, 0) is 6.92 Å². The second kappa shape index (κ2) is 15.1. The molecule has 0 amide bonds. The van der Waals surface area contributed by atoms with Crippen LogP contribution >= 0.6 is 30.7 Å². The predicted octanol–water partition coefficient (Wildman–Crippen LogP) is 10.0. The van der Waals surface area contributed by atoms with Crippen LogP contribution in [0, 0.1) is 16.2 Å². The van der Waals surface area contributed by atoms with Crippen LogP contribution in [0.25, 0.3) is 38.9 Å². The molecule has 0 spiro atoms. The van der Waals surface area contributed by atoms with Gasteiger partial charge in [-0.3, -0.25) is 0 Å². The van der Waals surface area contributed by atoms with E-state index in [0.29, 0.717) is 0 Å². The maximum atomic E-state index is 4.80. The number of hydrogen-bond acceptors (Lipinski definition) is 6. The Labute approximate surface area is 322 Å². The molecule has 1 aliphatic carbocycles. The van der Waals surface area contributed by atoms with Crippen molar-refractivity contribution in [3.8, 4) is 16.2 Å². The Kier molecular flexibility index (Phi) is 10.0. The molecular formula is C44H33N4OsPS2+. The summed E-state index contributed by atoms with van der Waals surface area (Å²) in [5.41, 5.74) is 9.01. The van der Waals surface area contributed by atoms with Gasteiger partial charge in [0.25, 0.3) is 0 Å². The molecule has 8 heteroatoms. The van der Waals surface area contributed by atoms with E-state index in [0.717, 1.165) is 74.1 Å². The van der Waals surface area contributed by atoms with Crippen molar-refractivity contribution in [2.45, 2.75) is 33.1 Å². The van der Waals surface area contributed by atoms with E-state index in [1.807, 2.05) is 13.0 Å². The van der Waals surface area contributed by atoms with Crippen LogP contribution in [-0.2, 0) is 17.9 Å². The van der Waals surface area contributed by atoms with Crippen molar-refractivity contribution in [3.05, 3.63) is 155 Å². The molecule has 0 aliphatic heterocycles. The van der Waals surface area contributed by atoms with Gasteiger partial charge in [-0.15, -0.1) is 0 Å². The number of fused-ring (bicyclic) bond motifs is 5. The van der Waals surface area contributed by atoms with Gasteiger partial charge < -0.3 is 0 Å². The average Bonchev–Trinajstić information content (AvgIpc) is 3.99. The van der Waals surface area contributed by atoms with Crippen molar-refractivity contribution in [2.75, 3.05) is 0 Å². The third-order valence-electron chi connectivity index (χ3n) is 9.65. The van der Waals surface area contributed by atoms with Crippen molar-refractivity contribution in [1.82, 2.24) is 17.5 Å². The molecule has 0 saturated heterocycles. The van der Waals surface area contributed by atoms with Crippen molar-refractivity contribution in [3.63, 3.8) is 0 Å². The minimum absolute atomic E-state index is 0.809. The van der Waals surface area contributed by atoms with Gasteiger partial charge in [0.2, 0.25) is 0 Å². The van der Waals surface area contributed by atoms with Crippen molar-refractivity contribution < 1.29 is 17.9 Å². The van der Waals surface area contributed by atoms with Gasteiger partial charge in [0.15, 0.2) is 0 Å². The summed E-state index contributed by atoms with van der Waals surface area (Å²) < 4.78 is 22.8. The fourth-order valence-corrected chi connectivity index (χ4v) is 14.2. The van der Waals surface area contributed by atoms with E-state index in [2.05, 4.69) is 149 Å². The monoisotopic (exact) mass is 904 g/mol. The Bertz CT molecular complexity index is 2590. The molecule has 8 rings (SSSR count). The van der Waals surface area contributed by atoms with Gasteiger partial charge in [0.1, 0.15) is 0 Å². The zero-order valence-corrected chi connectivity index (χ0v) is 33.7. The first-order valence-corrected chi connectivity index (χ1v) is 21.7. The number of allylic oxidation sites excluding steroid dienone is 7. The predicted molar refractivity (Wildman–Crippen MR) is 219 cm³/mol. The van der Waals surface area contributed by atoms with Gasteiger partial charge in [0.05, 0.1) is 0 Å². The molecule has 2 aromatic heterocycles. The van der Waals surface area contributed by atoms with Gasteiger partial charge in [-0.1, -0.05) is 6.08 Å². The van der Waals surface area contributed by atoms with Gasteiger partial charge in [0, 0.05) is 0 Å². The first kappa shape index (κ1) is 34.5. The topological polar surface area (TPSA) is 51.6 Å². The Morgan fingerprint density at radius 3 is 1.81 bits per heavy atom. The van der Waals surface area contributed by atoms with Crippen LogP contribution in [-0.4, -0.2) is 17.5 Å². The fourth-order valence-electron chi connectivity index (χ4n) is 7.32. The molecule has 0 N–H and O–H groups in total. The van der Waals surface area contributed by atoms with Crippen LogP contribution in [0.4, 0.5) is 0 Å². The molecule has 52 heavy (non-hydrogen) atoms. The second-order valence-electron chi connectivity index (χ2n) is 12.5. The molecule has 1 aliphatic rings. The van der Waals surface area contributed by atoms with Crippen LogP contribution in [0.1, 0.15) is 44.2 Å². The van der Waals surface area contributed by atoms with Gasteiger partial charge >= 0.3 is 312 Å². The van der Waals surface area contributed by atoms with Crippen LogP contribution in [0.15, 0.2) is 143 Å². The van der Waals surface area contributed by atoms with E-state index in [4.69, 9.17) is 13.1 Å². The second-order valence-corrected chi connectivity index (χ2v) is 17.6. The summed E-state index contributed by atoms with van der Waals surface area (Å²) >= 11 is 4.25. The van der Waals surface area contributed by atoms with Gasteiger partial charge in [-0.25, -0.2) is 0 Å². The summed E-state index contributed by atoms with van der Waals surface area (Å²) in [4.78, 5) is 0. The molecule has 4 nitrogen and oxygen atoms in total. The van der Waals surface area contributed by atoms with Crippen LogP contribution in [0.3, 0.4) is 0 Å². The molecule has 0 radical (unpaired) electrons. The molecule has 2 heterocycles. The molecule has 0 unspecified atom stereocenters. The van der Waals surface area contributed by atoms with E-state index < -0.39 is 7.26 Å². The van der Waals surface area contributed by atoms with Crippen molar-refractivity contribution >= 4 is 85.5 Å². The van der Waals surface area contributed by atoms with Crippen LogP contribution in [0.2, 0.25) is 0 Å². The first-order valence-electron chi connectivity index (χ1n) is 17.2. The molecule has 253 valence electrons. The van der Waals surface area contributed by atoms with E-state index in [9.17, 15) is 0 Å². The Balaban J connectivity index is 1.47. The van der Waals surface area contributed by atoms with Crippen LogP contribution < -0.4 is 15.9 Å². The van der Waals surface area contributed by atoms with E-state index in [-0.39, 0.29) is 0 Å². The third kappa shape index (κ3) is 6.06. The normalized spacial score (nSPS) is 15.4. The van der Waals surface area contributed by atoms with Crippen molar-refractivity contribution in [1.29, 1.82) is 0 Å². The SMILES string of the molecule is CC=C1CCCC1=CC(C#Cc1cc2c(cc(/C=C/C)c3nsnc32)c2nsnc12)=C([C]#[Os])[P+](c1ccccc1)(c1ccccc1)c1ccccc1. The molecule has 1 fully saturated rings. The summed E-state index contributed by atoms with van der Waals surface area (Å²) in [6.45, 7) is 4.17. The standard InChI is InChI=1S/C44H33N4PS2.Os/c1-4-16-34-28-39-40(43-41(34)45-50-47-43)29-35(42-44(39)48-51-46-42)26-25-32(27-33-18-15-17-31(33)5-2)30(3)49(36-19-9-6-10-20-36,37-21-11-7-12-22-37)38-23-13-8-14-24-38;/h4-14,16,19-24,27-29H,15,17-18H2,1-2H3;/q+1;/b16-4+,31-5?,32-30?,33-27?;. The zero-order valence-electron chi connectivity index (χ0n) is 28.7. The van der Waals surface area contributed by atoms with E-state index >= 15 is 0 Å². The molecular weight excluding hydrogens is 870 g/mol. The van der Waals surface area contributed by atoms with Gasteiger partial charge in [-0.2, -0.15) is 0 Å². The molecule has 1 saturated carbocycles. The van der Waals surface area contributed by atoms with E-state index in [1.54, 1.807) is 17.9 Å². The number of benzene rings is 5. The summed E-state index contributed by atoms with van der Waals surface area (Å²) in [6, 6.07) is 37.2. The minimum atomic E-state index is -2.48. The molecule has 0 bridgehead atoms.